The third-order valence-corrected chi connectivity index (χ3v) is 3.51. The number of anilines is 2. The second kappa shape index (κ2) is 5.90. The van der Waals surface area contributed by atoms with Crippen LogP contribution in [-0.4, -0.2) is 17.0 Å². The molecule has 19 heavy (non-hydrogen) atoms. The summed E-state index contributed by atoms with van der Waals surface area (Å²) >= 11 is 1.47. The molecule has 0 aliphatic carbocycles. The molecule has 0 atom stereocenters. The van der Waals surface area contributed by atoms with Crippen LogP contribution in [0.2, 0.25) is 0 Å². The van der Waals surface area contributed by atoms with Crippen molar-refractivity contribution in [1.82, 2.24) is 15.3 Å². The van der Waals surface area contributed by atoms with Gasteiger partial charge in [-0.05, 0) is 37.4 Å². The minimum absolute atomic E-state index is 0.386. The Morgan fingerprint density at radius 1 is 1.16 bits per heavy atom. The van der Waals surface area contributed by atoms with Crippen molar-refractivity contribution >= 4 is 23.4 Å². The van der Waals surface area contributed by atoms with E-state index in [4.69, 9.17) is 11.5 Å². The summed E-state index contributed by atoms with van der Waals surface area (Å²) < 4.78 is 0. The SMILES string of the molecule is CNCc1cc(C)ccc1Sc1nc(N)cc(N)n1. The van der Waals surface area contributed by atoms with E-state index in [1.807, 2.05) is 7.05 Å². The van der Waals surface area contributed by atoms with Gasteiger partial charge in [-0.2, -0.15) is 0 Å². The zero-order chi connectivity index (χ0) is 13.8. The Morgan fingerprint density at radius 3 is 2.47 bits per heavy atom. The highest BCUT2D eigenvalue weighted by atomic mass is 32.2. The normalized spacial score (nSPS) is 10.6. The molecule has 0 radical (unpaired) electrons. The molecule has 0 aliphatic heterocycles. The van der Waals surface area contributed by atoms with Crippen molar-refractivity contribution in [2.24, 2.45) is 0 Å². The number of hydrogen-bond donors (Lipinski definition) is 3. The van der Waals surface area contributed by atoms with Gasteiger partial charge in [0, 0.05) is 17.5 Å². The summed E-state index contributed by atoms with van der Waals surface area (Å²) in [5, 5.41) is 3.72. The van der Waals surface area contributed by atoms with E-state index >= 15 is 0 Å². The molecule has 0 bridgehead atoms. The number of aromatic nitrogens is 2. The number of nitrogens with zero attached hydrogens (tertiary/aromatic N) is 2. The predicted octanol–water partition coefficient (Wildman–Crippen LogP) is 1.82. The van der Waals surface area contributed by atoms with Gasteiger partial charge < -0.3 is 16.8 Å². The van der Waals surface area contributed by atoms with Crippen LogP contribution in [0.5, 0.6) is 0 Å². The molecule has 2 rings (SSSR count). The average Bonchev–Trinajstić information content (AvgIpc) is 2.32. The van der Waals surface area contributed by atoms with Crippen molar-refractivity contribution in [3.05, 3.63) is 35.4 Å². The molecule has 1 aromatic heterocycles. The standard InChI is InChI=1S/C13H17N5S/c1-8-3-4-10(9(5-8)7-16-2)19-13-17-11(14)6-12(15)18-13/h3-6,16H,7H2,1-2H3,(H4,14,15,17,18). The number of rotatable bonds is 4. The zero-order valence-corrected chi connectivity index (χ0v) is 11.8. The Labute approximate surface area is 116 Å². The van der Waals surface area contributed by atoms with Gasteiger partial charge in [0.25, 0.3) is 0 Å². The monoisotopic (exact) mass is 275 g/mol. The van der Waals surface area contributed by atoms with Crippen molar-refractivity contribution < 1.29 is 0 Å². The topological polar surface area (TPSA) is 89.8 Å². The van der Waals surface area contributed by atoms with E-state index in [-0.39, 0.29) is 0 Å². The largest absolute Gasteiger partial charge is 0.383 e. The van der Waals surface area contributed by atoms with Gasteiger partial charge in [0.2, 0.25) is 0 Å². The van der Waals surface area contributed by atoms with Crippen LogP contribution >= 0.6 is 11.8 Å². The summed E-state index contributed by atoms with van der Waals surface area (Å²) in [6, 6.07) is 7.83. The highest BCUT2D eigenvalue weighted by molar-refractivity contribution is 7.99. The summed E-state index contributed by atoms with van der Waals surface area (Å²) in [5.41, 5.74) is 13.8. The number of aryl methyl sites for hydroxylation is 1. The highest BCUT2D eigenvalue weighted by Gasteiger charge is 2.08. The Hall–Kier alpha value is -1.79. The number of nitrogens with two attached hydrogens (primary N) is 2. The summed E-state index contributed by atoms with van der Waals surface area (Å²) in [4.78, 5) is 9.47. The molecule has 0 fully saturated rings. The van der Waals surface area contributed by atoms with Crippen LogP contribution in [0, 0.1) is 6.92 Å². The first-order chi connectivity index (χ1) is 9.08. The van der Waals surface area contributed by atoms with E-state index in [9.17, 15) is 0 Å². The Bertz CT molecular complexity index is 565. The molecule has 1 aromatic carbocycles. The van der Waals surface area contributed by atoms with Gasteiger partial charge in [-0.15, -0.1) is 0 Å². The quantitative estimate of drug-likeness (QED) is 0.737. The van der Waals surface area contributed by atoms with Crippen LogP contribution in [0.15, 0.2) is 34.3 Å². The number of hydrogen-bond acceptors (Lipinski definition) is 6. The molecular weight excluding hydrogens is 258 g/mol. The maximum atomic E-state index is 5.68. The number of nitrogen functional groups attached to an aromatic ring is 2. The minimum Gasteiger partial charge on any atom is -0.383 e. The second-order valence-electron chi connectivity index (χ2n) is 4.24. The zero-order valence-electron chi connectivity index (χ0n) is 11.0. The third kappa shape index (κ3) is 3.59. The van der Waals surface area contributed by atoms with Crippen LogP contribution in [-0.2, 0) is 6.54 Å². The van der Waals surface area contributed by atoms with Crippen molar-refractivity contribution in [3.63, 3.8) is 0 Å². The summed E-state index contributed by atoms with van der Waals surface area (Å²) in [6.07, 6.45) is 0. The summed E-state index contributed by atoms with van der Waals surface area (Å²) in [7, 11) is 1.92. The number of benzene rings is 1. The lowest BCUT2D eigenvalue weighted by molar-refractivity contribution is 0.801. The second-order valence-corrected chi connectivity index (χ2v) is 5.25. The Balaban J connectivity index is 2.31. The minimum atomic E-state index is 0.386. The summed E-state index contributed by atoms with van der Waals surface area (Å²) in [6.45, 7) is 2.87. The molecule has 0 saturated carbocycles. The molecular formula is C13H17N5S. The third-order valence-electron chi connectivity index (χ3n) is 2.53. The highest BCUT2D eigenvalue weighted by Crippen LogP contribution is 2.29. The van der Waals surface area contributed by atoms with Crippen molar-refractivity contribution in [3.8, 4) is 0 Å². The van der Waals surface area contributed by atoms with Gasteiger partial charge in [-0.1, -0.05) is 17.7 Å². The lowest BCUT2D eigenvalue weighted by atomic mass is 10.1. The van der Waals surface area contributed by atoms with E-state index in [1.165, 1.54) is 22.9 Å². The fraction of sp³-hybridized carbons (Fsp3) is 0.231. The molecule has 6 heteroatoms. The molecule has 5 N–H and O–H groups in total. The first-order valence-corrected chi connectivity index (χ1v) is 6.72. The van der Waals surface area contributed by atoms with Crippen LogP contribution in [0.4, 0.5) is 11.6 Å². The molecule has 100 valence electrons. The van der Waals surface area contributed by atoms with Crippen molar-refractivity contribution in [2.45, 2.75) is 23.5 Å². The van der Waals surface area contributed by atoms with E-state index in [2.05, 4.69) is 40.4 Å². The van der Waals surface area contributed by atoms with E-state index in [0.29, 0.717) is 16.8 Å². The molecule has 0 spiro atoms. The molecule has 0 amide bonds. The number of nitrogens with one attached hydrogen (secondary N) is 1. The molecule has 2 aromatic rings. The van der Waals surface area contributed by atoms with Crippen LogP contribution < -0.4 is 16.8 Å². The van der Waals surface area contributed by atoms with E-state index < -0.39 is 0 Å². The Morgan fingerprint density at radius 2 is 1.84 bits per heavy atom. The van der Waals surface area contributed by atoms with Crippen LogP contribution in [0.1, 0.15) is 11.1 Å². The molecule has 0 aliphatic rings. The van der Waals surface area contributed by atoms with Crippen molar-refractivity contribution in [1.29, 1.82) is 0 Å². The average molecular weight is 275 g/mol. The first-order valence-electron chi connectivity index (χ1n) is 5.90. The van der Waals surface area contributed by atoms with Crippen LogP contribution in [0.3, 0.4) is 0 Å². The predicted molar refractivity (Wildman–Crippen MR) is 78.9 cm³/mol. The lowest BCUT2D eigenvalue weighted by Gasteiger charge is -2.09. The molecule has 0 saturated heterocycles. The molecule has 5 nitrogen and oxygen atoms in total. The first kappa shape index (κ1) is 13.6. The van der Waals surface area contributed by atoms with Gasteiger partial charge in [0.15, 0.2) is 5.16 Å². The van der Waals surface area contributed by atoms with Crippen LogP contribution in [0.25, 0.3) is 0 Å². The fourth-order valence-electron chi connectivity index (χ4n) is 1.74. The van der Waals surface area contributed by atoms with Gasteiger partial charge in [-0.3, -0.25) is 0 Å². The van der Waals surface area contributed by atoms with Gasteiger partial charge >= 0.3 is 0 Å². The maximum absolute atomic E-state index is 5.68. The lowest BCUT2D eigenvalue weighted by Crippen LogP contribution is -2.06. The fourth-order valence-corrected chi connectivity index (χ4v) is 2.64. The van der Waals surface area contributed by atoms with Gasteiger partial charge in [0.1, 0.15) is 11.6 Å². The van der Waals surface area contributed by atoms with Gasteiger partial charge in [-0.25, -0.2) is 9.97 Å². The van der Waals surface area contributed by atoms with Gasteiger partial charge in [0.05, 0.1) is 0 Å². The molecule has 1 heterocycles. The van der Waals surface area contributed by atoms with E-state index in [1.54, 1.807) is 6.07 Å². The smallest absolute Gasteiger partial charge is 0.196 e. The summed E-state index contributed by atoms with van der Waals surface area (Å²) in [5.74, 6) is 0.773. The Kier molecular flexibility index (Phi) is 4.24. The maximum Gasteiger partial charge on any atom is 0.196 e. The molecule has 0 unspecified atom stereocenters. The van der Waals surface area contributed by atoms with Crippen molar-refractivity contribution in [2.75, 3.05) is 18.5 Å². The van der Waals surface area contributed by atoms with E-state index in [0.717, 1.165) is 11.4 Å².